The molecule has 0 saturated heterocycles. The van der Waals surface area contributed by atoms with Crippen LogP contribution in [0.3, 0.4) is 0 Å². The average Bonchev–Trinajstić information content (AvgIpc) is 2.40. The molecule has 0 radical (unpaired) electrons. The number of halogens is 1. The Morgan fingerprint density at radius 1 is 1.22 bits per heavy atom. The van der Waals surface area contributed by atoms with Gasteiger partial charge in [-0.15, -0.1) is 6.58 Å². The number of hydrogen-bond donors (Lipinski definition) is 1. The molecule has 0 amide bonds. The zero-order chi connectivity index (χ0) is 13.0. The second-order valence-electron chi connectivity index (χ2n) is 4.55. The quantitative estimate of drug-likeness (QED) is 0.732. The summed E-state index contributed by atoms with van der Waals surface area (Å²) in [5, 5.41) is 6.09. The molecule has 0 aliphatic rings. The highest BCUT2D eigenvalue weighted by Crippen LogP contribution is 2.30. The minimum atomic E-state index is 0.451. The summed E-state index contributed by atoms with van der Waals surface area (Å²) in [4.78, 5) is 0. The van der Waals surface area contributed by atoms with Gasteiger partial charge in [-0.3, -0.25) is 0 Å². The summed E-state index contributed by atoms with van der Waals surface area (Å²) in [7, 11) is 0. The zero-order valence-corrected chi connectivity index (χ0v) is 12.2. The van der Waals surface area contributed by atoms with E-state index in [-0.39, 0.29) is 0 Å². The van der Waals surface area contributed by atoms with Gasteiger partial charge in [0.15, 0.2) is 0 Å². The first kappa shape index (κ1) is 13.2. The van der Waals surface area contributed by atoms with E-state index in [0.29, 0.717) is 6.04 Å². The minimum absolute atomic E-state index is 0.451. The lowest BCUT2D eigenvalue weighted by molar-refractivity contribution is 0.720. The molecule has 0 saturated carbocycles. The van der Waals surface area contributed by atoms with Gasteiger partial charge in [0.2, 0.25) is 0 Å². The Morgan fingerprint density at radius 2 is 1.94 bits per heavy atom. The summed E-state index contributed by atoms with van der Waals surface area (Å²) in [6.07, 6.45) is 4.12. The van der Waals surface area contributed by atoms with Crippen LogP contribution in [0.1, 0.15) is 19.8 Å². The number of hydrogen-bond acceptors (Lipinski definition) is 1. The van der Waals surface area contributed by atoms with Crippen molar-refractivity contribution in [1.82, 2.24) is 0 Å². The number of rotatable bonds is 5. The Balaban J connectivity index is 2.28. The van der Waals surface area contributed by atoms with Crippen molar-refractivity contribution >= 4 is 32.4 Å². The largest absolute Gasteiger partial charge is 0.382 e. The topological polar surface area (TPSA) is 12.0 Å². The SMILES string of the molecule is C=CCCC(C)Nc1ccc(Br)c2ccccc12. The van der Waals surface area contributed by atoms with E-state index in [1.807, 2.05) is 6.08 Å². The summed E-state index contributed by atoms with van der Waals surface area (Å²) in [6.45, 7) is 5.98. The van der Waals surface area contributed by atoms with Crippen LogP contribution in [0.2, 0.25) is 0 Å². The van der Waals surface area contributed by atoms with Crippen molar-refractivity contribution in [2.24, 2.45) is 0 Å². The Morgan fingerprint density at radius 3 is 2.67 bits per heavy atom. The summed E-state index contributed by atoms with van der Waals surface area (Å²) in [6, 6.07) is 13.1. The lowest BCUT2D eigenvalue weighted by Crippen LogP contribution is -2.14. The zero-order valence-electron chi connectivity index (χ0n) is 10.6. The third kappa shape index (κ3) is 2.94. The maximum absolute atomic E-state index is 3.77. The van der Waals surface area contributed by atoms with Gasteiger partial charge < -0.3 is 5.32 Å². The predicted octanol–water partition coefficient (Wildman–Crippen LogP) is 5.37. The fraction of sp³-hybridized carbons (Fsp3) is 0.250. The van der Waals surface area contributed by atoms with Crippen LogP contribution in [0.5, 0.6) is 0 Å². The molecule has 0 aromatic heterocycles. The van der Waals surface area contributed by atoms with Crippen molar-refractivity contribution in [1.29, 1.82) is 0 Å². The van der Waals surface area contributed by atoms with Crippen LogP contribution in [0.4, 0.5) is 5.69 Å². The Bertz CT molecular complexity index is 548. The average molecular weight is 304 g/mol. The van der Waals surface area contributed by atoms with E-state index in [1.54, 1.807) is 0 Å². The van der Waals surface area contributed by atoms with Crippen molar-refractivity contribution in [3.05, 3.63) is 53.5 Å². The summed E-state index contributed by atoms with van der Waals surface area (Å²) in [5.74, 6) is 0. The molecule has 1 atom stereocenters. The van der Waals surface area contributed by atoms with Crippen LogP contribution in [0.25, 0.3) is 10.8 Å². The first-order chi connectivity index (χ1) is 8.72. The molecule has 0 aliphatic carbocycles. The van der Waals surface area contributed by atoms with Gasteiger partial charge in [0.1, 0.15) is 0 Å². The monoisotopic (exact) mass is 303 g/mol. The molecular weight excluding hydrogens is 286 g/mol. The molecule has 0 fully saturated rings. The molecule has 2 aromatic carbocycles. The van der Waals surface area contributed by atoms with Crippen molar-refractivity contribution in [2.75, 3.05) is 5.32 Å². The highest BCUT2D eigenvalue weighted by molar-refractivity contribution is 9.10. The summed E-state index contributed by atoms with van der Waals surface area (Å²) in [5.41, 5.74) is 1.20. The van der Waals surface area contributed by atoms with Crippen molar-refractivity contribution < 1.29 is 0 Å². The van der Waals surface area contributed by atoms with Gasteiger partial charge in [0.25, 0.3) is 0 Å². The van der Waals surface area contributed by atoms with Crippen LogP contribution in [0, 0.1) is 0 Å². The van der Waals surface area contributed by atoms with E-state index < -0.39 is 0 Å². The Hall–Kier alpha value is -1.28. The molecule has 94 valence electrons. The third-order valence-corrected chi connectivity index (χ3v) is 3.77. The smallest absolute Gasteiger partial charge is 0.0422 e. The Labute approximate surface area is 117 Å². The second kappa shape index (κ2) is 6.05. The van der Waals surface area contributed by atoms with Gasteiger partial charge >= 0.3 is 0 Å². The number of benzene rings is 2. The highest BCUT2D eigenvalue weighted by atomic mass is 79.9. The van der Waals surface area contributed by atoms with Gasteiger partial charge in [-0.1, -0.05) is 46.3 Å². The minimum Gasteiger partial charge on any atom is -0.382 e. The highest BCUT2D eigenvalue weighted by Gasteiger charge is 2.06. The fourth-order valence-electron chi connectivity index (χ4n) is 2.09. The molecule has 2 aromatic rings. The van der Waals surface area contributed by atoms with E-state index in [4.69, 9.17) is 0 Å². The van der Waals surface area contributed by atoms with E-state index in [9.17, 15) is 0 Å². The number of anilines is 1. The molecule has 0 bridgehead atoms. The summed E-state index contributed by atoms with van der Waals surface area (Å²) < 4.78 is 1.14. The van der Waals surface area contributed by atoms with Crippen molar-refractivity contribution in [3.8, 4) is 0 Å². The van der Waals surface area contributed by atoms with E-state index in [0.717, 1.165) is 17.3 Å². The molecule has 0 aliphatic heterocycles. The molecule has 1 nitrogen and oxygen atoms in total. The molecule has 2 rings (SSSR count). The van der Waals surface area contributed by atoms with Gasteiger partial charge in [0, 0.05) is 21.6 Å². The standard InChI is InChI=1S/C16H18BrN/c1-3-4-7-12(2)18-16-11-10-15(17)13-8-5-6-9-14(13)16/h3,5-6,8-12,18H,1,4,7H2,2H3. The molecule has 0 spiro atoms. The van der Waals surface area contributed by atoms with E-state index in [1.165, 1.54) is 16.5 Å². The molecular formula is C16H18BrN. The van der Waals surface area contributed by atoms with Gasteiger partial charge in [-0.25, -0.2) is 0 Å². The Kier molecular flexibility index (Phi) is 4.43. The fourth-order valence-corrected chi connectivity index (χ4v) is 2.57. The lowest BCUT2D eigenvalue weighted by Gasteiger charge is -2.16. The van der Waals surface area contributed by atoms with E-state index >= 15 is 0 Å². The van der Waals surface area contributed by atoms with Gasteiger partial charge in [0.05, 0.1) is 0 Å². The van der Waals surface area contributed by atoms with Crippen LogP contribution in [0.15, 0.2) is 53.5 Å². The third-order valence-electron chi connectivity index (χ3n) is 3.08. The second-order valence-corrected chi connectivity index (χ2v) is 5.41. The molecule has 2 heteroatoms. The van der Waals surface area contributed by atoms with Crippen LogP contribution >= 0.6 is 15.9 Å². The lowest BCUT2D eigenvalue weighted by atomic mass is 10.1. The normalized spacial score (nSPS) is 12.3. The van der Waals surface area contributed by atoms with Gasteiger partial charge in [-0.2, -0.15) is 0 Å². The molecule has 1 unspecified atom stereocenters. The maximum atomic E-state index is 3.77. The summed E-state index contributed by atoms with van der Waals surface area (Å²) >= 11 is 3.60. The van der Waals surface area contributed by atoms with Crippen molar-refractivity contribution in [2.45, 2.75) is 25.8 Å². The van der Waals surface area contributed by atoms with E-state index in [2.05, 4.69) is 71.1 Å². The van der Waals surface area contributed by atoms with Crippen LogP contribution in [-0.2, 0) is 0 Å². The number of nitrogens with one attached hydrogen (secondary N) is 1. The molecule has 18 heavy (non-hydrogen) atoms. The van der Waals surface area contributed by atoms with Crippen LogP contribution < -0.4 is 5.32 Å². The first-order valence-electron chi connectivity index (χ1n) is 6.27. The van der Waals surface area contributed by atoms with Crippen molar-refractivity contribution in [3.63, 3.8) is 0 Å². The first-order valence-corrected chi connectivity index (χ1v) is 7.06. The number of fused-ring (bicyclic) bond motifs is 1. The number of allylic oxidation sites excluding steroid dienone is 1. The maximum Gasteiger partial charge on any atom is 0.0422 e. The van der Waals surface area contributed by atoms with Crippen LogP contribution in [-0.4, -0.2) is 6.04 Å². The van der Waals surface area contributed by atoms with Gasteiger partial charge in [-0.05, 0) is 37.3 Å². The molecule has 0 heterocycles. The predicted molar refractivity (Wildman–Crippen MR) is 84.2 cm³/mol. The molecule has 1 N–H and O–H groups in total.